The summed E-state index contributed by atoms with van der Waals surface area (Å²) in [6.45, 7) is 2.42. The van der Waals surface area contributed by atoms with E-state index in [0.717, 1.165) is 4.47 Å². The van der Waals surface area contributed by atoms with E-state index in [1.165, 1.54) is 10.6 Å². The molecule has 1 aromatic heterocycles. The molecule has 0 saturated carbocycles. The van der Waals surface area contributed by atoms with Crippen molar-refractivity contribution in [2.45, 2.75) is 13.5 Å². The van der Waals surface area contributed by atoms with Gasteiger partial charge in [0.15, 0.2) is 6.29 Å². The Morgan fingerprint density at radius 3 is 2.83 bits per heavy atom. The van der Waals surface area contributed by atoms with Gasteiger partial charge < -0.3 is 4.57 Å². The van der Waals surface area contributed by atoms with Gasteiger partial charge in [-0.25, -0.2) is 0 Å². The van der Waals surface area contributed by atoms with Gasteiger partial charge in [-0.05, 0) is 28.9 Å². The second kappa shape index (κ2) is 3.67. The first-order chi connectivity index (χ1) is 5.69. The summed E-state index contributed by atoms with van der Waals surface area (Å²) in [5.74, 6) is 0. The van der Waals surface area contributed by atoms with Crippen molar-refractivity contribution in [2.75, 3.05) is 0 Å². The molecule has 0 bridgehead atoms. The van der Waals surface area contributed by atoms with Crippen molar-refractivity contribution in [3.8, 4) is 0 Å². The number of carbonyl (C=O) groups excluding carboxylic acids is 1. The molecule has 0 fully saturated rings. The fraction of sp³-hybridized carbons (Fsp3) is 0.250. The Kier molecular flexibility index (Phi) is 2.81. The highest BCUT2D eigenvalue weighted by Crippen LogP contribution is 2.07. The average Bonchev–Trinajstić information content (AvgIpc) is 2.08. The van der Waals surface area contributed by atoms with Gasteiger partial charge in [-0.2, -0.15) is 0 Å². The van der Waals surface area contributed by atoms with Gasteiger partial charge in [-0.1, -0.05) is 0 Å². The molecule has 0 N–H and O–H groups in total. The van der Waals surface area contributed by atoms with Crippen LogP contribution in [0.5, 0.6) is 0 Å². The van der Waals surface area contributed by atoms with Crippen LogP contribution in [-0.4, -0.2) is 10.9 Å². The topological polar surface area (TPSA) is 39.1 Å². The van der Waals surface area contributed by atoms with Crippen molar-refractivity contribution < 1.29 is 4.79 Å². The van der Waals surface area contributed by atoms with Crippen LogP contribution in [0.15, 0.2) is 21.5 Å². The van der Waals surface area contributed by atoms with Crippen LogP contribution >= 0.6 is 15.9 Å². The van der Waals surface area contributed by atoms with E-state index >= 15 is 0 Å². The third-order valence-corrected chi connectivity index (χ3v) is 1.98. The Labute approximate surface area is 78.1 Å². The zero-order chi connectivity index (χ0) is 9.14. The van der Waals surface area contributed by atoms with Crippen LogP contribution in [0, 0.1) is 0 Å². The molecule has 64 valence electrons. The van der Waals surface area contributed by atoms with E-state index in [1.54, 1.807) is 6.20 Å². The first-order valence-electron chi connectivity index (χ1n) is 3.54. The van der Waals surface area contributed by atoms with Crippen molar-refractivity contribution >= 4 is 22.2 Å². The molecule has 0 aliphatic rings. The predicted octanol–water partition coefficient (Wildman–Crippen LogP) is 1.44. The van der Waals surface area contributed by atoms with Gasteiger partial charge in [0.2, 0.25) is 0 Å². The Bertz CT molecular complexity index is 357. The summed E-state index contributed by atoms with van der Waals surface area (Å²) in [6.07, 6.45) is 2.23. The second-order valence-electron chi connectivity index (χ2n) is 2.32. The van der Waals surface area contributed by atoms with Crippen LogP contribution in [0.3, 0.4) is 0 Å². The number of nitrogens with zero attached hydrogens (tertiary/aromatic N) is 1. The summed E-state index contributed by atoms with van der Waals surface area (Å²) >= 11 is 3.21. The minimum absolute atomic E-state index is 0.186. The fourth-order valence-electron chi connectivity index (χ4n) is 0.940. The minimum atomic E-state index is -0.240. The van der Waals surface area contributed by atoms with E-state index < -0.39 is 0 Å². The van der Waals surface area contributed by atoms with Gasteiger partial charge in [-0.3, -0.25) is 9.59 Å². The van der Waals surface area contributed by atoms with Crippen LogP contribution in [0.25, 0.3) is 0 Å². The number of aryl methyl sites for hydroxylation is 1. The smallest absolute Gasteiger partial charge is 0.261 e. The molecule has 0 atom stereocenters. The summed E-state index contributed by atoms with van der Waals surface area (Å²) in [6, 6.07) is 1.52. The molecule has 1 heterocycles. The SMILES string of the molecule is CCn1cc(Br)cc(C=O)c1=O. The summed E-state index contributed by atoms with van der Waals surface area (Å²) in [7, 11) is 0. The summed E-state index contributed by atoms with van der Waals surface area (Å²) in [4.78, 5) is 21.7. The lowest BCUT2D eigenvalue weighted by molar-refractivity contribution is 0.112. The molecular formula is C8H8BrNO2. The fourth-order valence-corrected chi connectivity index (χ4v) is 1.43. The van der Waals surface area contributed by atoms with Gasteiger partial charge in [0, 0.05) is 17.2 Å². The molecule has 0 amide bonds. The zero-order valence-electron chi connectivity index (χ0n) is 6.58. The maximum absolute atomic E-state index is 11.3. The highest BCUT2D eigenvalue weighted by atomic mass is 79.9. The number of aromatic nitrogens is 1. The van der Waals surface area contributed by atoms with E-state index in [-0.39, 0.29) is 11.1 Å². The van der Waals surface area contributed by atoms with Crippen molar-refractivity contribution in [1.29, 1.82) is 0 Å². The van der Waals surface area contributed by atoms with Crippen molar-refractivity contribution in [3.63, 3.8) is 0 Å². The maximum Gasteiger partial charge on any atom is 0.261 e. The van der Waals surface area contributed by atoms with Gasteiger partial charge >= 0.3 is 0 Å². The molecule has 0 spiro atoms. The molecule has 0 aromatic carbocycles. The van der Waals surface area contributed by atoms with Gasteiger partial charge in [-0.15, -0.1) is 0 Å². The number of halogens is 1. The lowest BCUT2D eigenvalue weighted by atomic mass is 10.3. The molecule has 1 aromatic rings. The van der Waals surface area contributed by atoms with E-state index in [1.807, 2.05) is 6.92 Å². The zero-order valence-corrected chi connectivity index (χ0v) is 8.17. The van der Waals surface area contributed by atoms with Crippen LogP contribution in [0.4, 0.5) is 0 Å². The molecular weight excluding hydrogens is 222 g/mol. The molecule has 1 rings (SSSR count). The number of pyridine rings is 1. The Hall–Kier alpha value is -0.900. The highest BCUT2D eigenvalue weighted by Gasteiger charge is 2.02. The molecule has 0 radical (unpaired) electrons. The maximum atomic E-state index is 11.3. The number of rotatable bonds is 2. The lowest BCUT2D eigenvalue weighted by Crippen LogP contribution is -2.22. The predicted molar refractivity (Wildman–Crippen MR) is 49.5 cm³/mol. The number of carbonyl (C=O) groups is 1. The molecule has 12 heavy (non-hydrogen) atoms. The molecule has 4 heteroatoms. The van der Waals surface area contributed by atoms with Gasteiger partial charge in [0.25, 0.3) is 5.56 Å². The van der Waals surface area contributed by atoms with Crippen LogP contribution in [0.2, 0.25) is 0 Å². The van der Waals surface area contributed by atoms with Crippen LogP contribution in [0.1, 0.15) is 17.3 Å². The van der Waals surface area contributed by atoms with Gasteiger partial charge in [0.05, 0.1) is 5.56 Å². The van der Waals surface area contributed by atoms with Crippen LogP contribution in [-0.2, 0) is 6.54 Å². The summed E-state index contributed by atoms with van der Waals surface area (Å²) < 4.78 is 2.22. The van der Waals surface area contributed by atoms with E-state index in [2.05, 4.69) is 15.9 Å². The largest absolute Gasteiger partial charge is 0.314 e. The number of aldehydes is 1. The van der Waals surface area contributed by atoms with E-state index in [9.17, 15) is 9.59 Å². The van der Waals surface area contributed by atoms with Crippen molar-refractivity contribution in [3.05, 3.63) is 32.7 Å². The number of hydrogen-bond donors (Lipinski definition) is 0. The van der Waals surface area contributed by atoms with Gasteiger partial charge in [0.1, 0.15) is 0 Å². The molecule has 3 nitrogen and oxygen atoms in total. The molecule has 0 unspecified atom stereocenters. The van der Waals surface area contributed by atoms with Crippen LogP contribution < -0.4 is 5.56 Å². The molecule has 0 aliphatic carbocycles. The molecule has 0 aliphatic heterocycles. The quantitative estimate of drug-likeness (QED) is 0.721. The Morgan fingerprint density at radius 2 is 2.33 bits per heavy atom. The monoisotopic (exact) mass is 229 g/mol. The molecule has 0 saturated heterocycles. The minimum Gasteiger partial charge on any atom is -0.314 e. The summed E-state index contributed by atoms with van der Waals surface area (Å²) in [5.41, 5.74) is -0.0538. The summed E-state index contributed by atoms with van der Waals surface area (Å²) in [5, 5.41) is 0. The Morgan fingerprint density at radius 1 is 1.67 bits per heavy atom. The standard InChI is InChI=1S/C8H8BrNO2/c1-2-10-4-7(9)3-6(5-11)8(10)12/h3-5H,2H2,1H3. The second-order valence-corrected chi connectivity index (χ2v) is 3.24. The average molecular weight is 230 g/mol. The Balaban J connectivity index is 3.42. The van der Waals surface area contributed by atoms with E-state index in [4.69, 9.17) is 0 Å². The first kappa shape index (κ1) is 9.19. The van der Waals surface area contributed by atoms with Crippen molar-refractivity contribution in [1.82, 2.24) is 4.57 Å². The normalized spacial score (nSPS) is 9.83. The highest BCUT2D eigenvalue weighted by molar-refractivity contribution is 9.10. The van der Waals surface area contributed by atoms with E-state index in [0.29, 0.717) is 12.8 Å². The lowest BCUT2D eigenvalue weighted by Gasteiger charge is -2.02. The third-order valence-electron chi connectivity index (χ3n) is 1.55. The number of hydrogen-bond acceptors (Lipinski definition) is 2. The first-order valence-corrected chi connectivity index (χ1v) is 4.33. The van der Waals surface area contributed by atoms with Crippen molar-refractivity contribution in [2.24, 2.45) is 0 Å². The third kappa shape index (κ3) is 1.64.